The number of thioether (sulfide) groups is 1. The summed E-state index contributed by atoms with van der Waals surface area (Å²) in [5, 5.41) is 11.4. The van der Waals surface area contributed by atoms with Crippen LogP contribution in [0.15, 0.2) is 59.8 Å². The molecular weight excluding hydrogens is 377 g/mol. The first kappa shape index (κ1) is 18.5. The number of aromatic nitrogens is 3. The number of carbonyl (C=O) groups is 1. The zero-order valence-corrected chi connectivity index (χ0v) is 15.9. The maximum atomic E-state index is 14.0. The lowest BCUT2D eigenvalue weighted by molar-refractivity contribution is -0.119. The Morgan fingerprint density at radius 1 is 1.18 bits per heavy atom. The van der Waals surface area contributed by atoms with Gasteiger partial charge < -0.3 is 11.2 Å². The lowest BCUT2D eigenvalue weighted by Gasteiger charge is -2.18. The Bertz CT molecular complexity index is 974. The molecule has 1 heterocycles. The third kappa shape index (κ3) is 4.01. The molecule has 3 N–H and O–H groups in total. The lowest BCUT2D eigenvalue weighted by atomic mass is 10.0. The van der Waals surface area contributed by atoms with Crippen molar-refractivity contribution in [3.05, 3.63) is 66.0 Å². The van der Waals surface area contributed by atoms with Crippen molar-refractivity contribution in [3.8, 4) is 11.4 Å². The molecule has 1 aliphatic carbocycles. The van der Waals surface area contributed by atoms with Crippen LogP contribution < -0.4 is 11.2 Å². The number of hydrogen-bond acceptors (Lipinski definition) is 5. The van der Waals surface area contributed by atoms with Gasteiger partial charge in [-0.3, -0.25) is 4.79 Å². The van der Waals surface area contributed by atoms with Crippen LogP contribution in [-0.4, -0.2) is 26.5 Å². The molecule has 8 heteroatoms. The molecule has 1 fully saturated rings. The van der Waals surface area contributed by atoms with E-state index in [1.54, 1.807) is 18.2 Å². The normalized spacial score (nSPS) is 14.6. The zero-order valence-electron chi connectivity index (χ0n) is 15.1. The minimum Gasteiger partial charge on any atom is -0.348 e. The molecule has 1 unspecified atom stereocenters. The van der Waals surface area contributed by atoms with Crippen molar-refractivity contribution in [3.63, 3.8) is 0 Å². The Labute approximate surface area is 166 Å². The summed E-state index contributed by atoms with van der Waals surface area (Å²) in [4.78, 5) is 12.5. The summed E-state index contributed by atoms with van der Waals surface area (Å²) in [7, 11) is 0. The number of nitrogens with zero attached hydrogens (tertiary/aromatic N) is 3. The number of nitrogen functional groups attached to an aromatic ring is 1. The van der Waals surface area contributed by atoms with Gasteiger partial charge in [0.1, 0.15) is 5.82 Å². The van der Waals surface area contributed by atoms with Crippen molar-refractivity contribution in [1.82, 2.24) is 20.2 Å². The van der Waals surface area contributed by atoms with Gasteiger partial charge in [0.25, 0.3) is 0 Å². The maximum absolute atomic E-state index is 14.0. The van der Waals surface area contributed by atoms with Crippen LogP contribution >= 0.6 is 11.8 Å². The molecule has 1 amide bonds. The maximum Gasteiger partial charge on any atom is 0.230 e. The van der Waals surface area contributed by atoms with Gasteiger partial charge in [0.15, 0.2) is 5.82 Å². The van der Waals surface area contributed by atoms with Gasteiger partial charge in [-0.05, 0) is 36.5 Å². The number of nitrogens with one attached hydrogen (secondary N) is 1. The van der Waals surface area contributed by atoms with E-state index < -0.39 is 5.82 Å². The van der Waals surface area contributed by atoms with E-state index in [0.717, 1.165) is 18.4 Å². The minimum atomic E-state index is -0.425. The summed E-state index contributed by atoms with van der Waals surface area (Å²) < 4.78 is 15.2. The molecule has 1 aliphatic rings. The monoisotopic (exact) mass is 397 g/mol. The van der Waals surface area contributed by atoms with Crippen LogP contribution in [0.5, 0.6) is 0 Å². The molecule has 1 saturated carbocycles. The predicted octanol–water partition coefficient (Wildman–Crippen LogP) is 3.16. The Balaban J connectivity index is 1.41. The third-order valence-electron chi connectivity index (χ3n) is 4.68. The van der Waals surface area contributed by atoms with Gasteiger partial charge >= 0.3 is 0 Å². The third-order valence-corrected chi connectivity index (χ3v) is 5.62. The first-order valence-electron chi connectivity index (χ1n) is 9.06. The second-order valence-corrected chi connectivity index (χ2v) is 7.68. The van der Waals surface area contributed by atoms with Gasteiger partial charge in [-0.15, -0.1) is 10.2 Å². The van der Waals surface area contributed by atoms with Crippen LogP contribution in [0.2, 0.25) is 0 Å². The fourth-order valence-corrected chi connectivity index (χ4v) is 3.78. The standard InChI is InChI=1S/C20H20FN5OS/c21-16-9-5-4-8-15(16)19-24-25-20(26(19)22)28-12-17(27)23-18(14-10-11-14)13-6-2-1-3-7-13/h1-9,14,18H,10-12,22H2,(H,23,27). The van der Waals surface area contributed by atoms with Crippen LogP contribution in [-0.2, 0) is 4.79 Å². The van der Waals surface area contributed by atoms with Gasteiger partial charge in [0, 0.05) is 0 Å². The van der Waals surface area contributed by atoms with Crippen molar-refractivity contribution < 1.29 is 9.18 Å². The predicted molar refractivity (Wildman–Crippen MR) is 106 cm³/mol. The van der Waals surface area contributed by atoms with E-state index in [0.29, 0.717) is 11.1 Å². The Hall–Kier alpha value is -2.87. The molecule has 0 aliphatic heterocycles. The topological polar surface area (TPSA) is 85.8 Å². The molecule has 2 aromatic carbocycles. The van der Waals surface area contributed by atoms with Gasteiger partial charge in [-0.2, -0.15) is 0 Å². The van der Waals surface area contributed by atoms with Crippen molar-refractivity contribution in [2.75, 3.05) is 11.6 Å². The smallest absolute Gasteiger partial charge is 0.230 e. The van der Waals surface area contributed by atoms with E-state index >= 15 is 0 Å². The highest BCUT2D eigenvalue weighted by Gasteiger charge is 2.33. The summed E-state index contributed by atoms with van der Waals surface area (Å²) >= 11 is 1.18. The average molecular weight is 397 g/mol. The molecule has 4 rings (SSSR count). The fraction of sp³-hybridized carbons (Fsp3) is 0.250. The first-order chi connectivity index (χ1) is 13.6. The molecule has 28 heavy (non-hydrogen) atoms. The average Bonchev–Trinajstić information content (AvgIpc) is 3.49. The summed E-state index contributed by atoms with van der Waals surface area (Å²) in [5.41, 5.74) is 1.39. The highest BCUT2D eigenvalue weighted by molar-refractivity contribution is 7.99. The van der Waals surface area contributed by atoms with E-state index in [2.05, 4.69) is 15.5 Å². The Morgan fingerprint density at radius 3 is 2.61 bits per heavy atom. The second-order valence-electron chi connectivity index (χ2n) is 6.74. The Kier molecular flexibility index (Phi) is 5.29. The summed E-state index contributed by atoms with van der Waals surface area (Å²) in [6.07, 6.45) is 2.24. The van der Waals surface area contributed by atoms with Gasteiger partial charge in [-0.1, -0.05) is 54.2 Å². The lowest BCUT2D eigenvalue weighted by Crippen LogP contribution is -2.31. The number of rotatable bonds is 7. The largest absolute Gasteiger partial charge is 0.348 e. The van der Waals surface area contributed by atoms with Crippen molar-refractivity contribution in [1.29, 1.82) is 0 Å². The van der Waals surface area contributed by atoms with Gasteiger partial charge in [0.2, 0.25) is 11.1 Å². The number of carbonyl (C=O) groups excluding carboxylic acids is 1. The van der Waals surface area contributed by atoms with Gasteiger partial charge in [-0.25, -0.2) is 9.07 Å². The second kappa shape index (κ2) is 8.02. The van der Waals surface area contributed by atoms with Crippen LogP contribution in [0.1, 0.15) is 24.4 Å². The van der Waals surface area contributed by atoms with Crippen molar-refractivity contribution in [2.45, 2.75) is 24.0 Å². The van der Waals surface area contributed by atoms with Crippen LogP contribution in [0, 0.1) is 11.7 Å². The van der Waals surface area contributed by atoms with Crippen LogP contribution in [0.25, 0.3) is 11.4 Å². The van der Waals surface area contributed by atoms with Crippen molar-refractivity contribution >= 4 is 17.7 Å². The molecule has 0 saturated heterocycles. The van der Waals surface area contributed by atoms with E-state index in [4.69, 9.17) is 5.84 Å². The Morgan fingerprint density at radius 2 is 1.89 bits per heavy atom. The fourth-order valence-electron chi connectivity index (χ4n) is 3.11. The van der Waals surface area contributed by atoms with Crippen LogP contribution in [0.4, 0.5) is 4.39 Å². The summed E-state index contributed by atoms with van der Waals surface area (Å²) in [5.74, 6) is 6.36. The molecule has 144 valence electrons. The highest BCUT2D eigenvalue weighted by Crippen LogP contribution is 2.41. The highest BCUT2D eigenvalue weighted by atomic mass is 32.2. The van der Waals surface area contributed by atoms with E-state index in [1.165, 1.54) is 22.5 Å². The molecular formula is C20H20FN5OS. The number of nitrogens with two attached hydrogens (primary N) is 1. The number of benzene rings is 2. The molecule has 1 aromatic heterocycles. The zero-order chi connectivity index (χ0) is 19.5. The number of amides is 1. The molecule has 3 aromatic rings. The number of hydrogen-bond donors (Lipinski definition) is 2. The van der Waals surface area contributed by atoms with Crippen LogP contribution in [0.3, 0.4) is 0 Å². The number of halogens is 1. The van der Waals surface area contributed by atoms with E-state index in [-0.39, 0.29) is 29.1 Å². The molecule has 0 spiro atoms. The van der Waals surface area contributed by atoms with E-state index in [9.17, 15) is 9.18 Å². The summed E-state index contributed by atoms with van der Waals surface area (Å²) in [6, 6.07) is 16.2. The van der Waals surface area contributed by atoms with Crippen molar-refractivity contribution in [2.24, 2.45) is 5.92 Å². The summed E-state index contributed by atoms with van der Waals surface area (Å²) in [6.45, 7) is 0. The molecule has 0 radical (unpaired) electrons. The van der Waals surface area contributed by atoms with E-state index in [1.807, 2.05) is 30.3 Å². The molecule has 1 atom stereocenters. The first-order valence-corrected chi connectivity index (χ1v) is 10.0. The quantitative estimate of drug-likeness (QED) is 0.472. The molecule has 0 bridgehead atoms. The van der Waals surface area contributed by atoms with Gasteiger partial charge in [0.05, 0.1) is 17.4 Å². The minimum absolute atomic E-state index is 0.0269. The SMILES string of the molecule is Nn1c(SCC(=O)NC(c2ccccc2)C2CC2)nnc1-c1ccccc1F. The molecule has 6 nitrogen and oxygen atoms in total.